The summed E-state index contributed by atoms with van der Waals surface area (Å²) in [5.74, 6) is -0.699. The normalized spacial score (nSPS) is 14.8. The van der Waals surface area contributed by atoms with Crippen LogP contribution in [0.1, 0.15) is 39.8 Å². The molecule has 0 saturated heterocycles. The predicted molar refractivity (Wildman–Crippen MR) is 129 cm³/mol. The van der Waals surface area contributed by atoms with Gasteiger partial charge in [0, 0.05) is 49.2 Å². The lowest BCUT2D eigenvalue weighted by molar-refractivity contribution is 0.0933. The molecule has 1 aliphatic heterocycles. The van der Waals surface area contributed by atoms with E-state index in [4.69, 9.17) is 0 Å². The first kappa shape index (κ1) is 23.3. The fraction of sp³-hybridized carbons (Fsp3) is 0.280. The molecule has 1 atom stereocenters. The van der Waals surface area contributed by atoms with Gasteiger partial charge in [-0.05, 0) is 25.1 Å². The number of carbonyl (C=O) groups excluding carboxylic acids is 1. The highest BCUT2D eigenvalue weighted by molar-refractivity contribution is 7.15. The van der Waals surface area contributed by atoms with Gasteiger partial charge in [-0.25, -0.2) is 13.8 Å². The van der Waals surface area contributed by atoms with E-state index in [1.165, 1.54) is 4.88 Å². The number of nitrogens with one attached hydrogen (secondary N) is 1. The van der Waals surface area contributed by atoms with Crippen molar-refractivity contribution in [1.29, 1.82) is 0 Å². The Bertz CT molecular complexity index is 1340. The summed E-state index contributed by atoms with van der Waals surface area (Å²) < 4.78 is 29.5. The number of halogens is 2. The number of rotatable bonds is 6. The molecule has 0 saturated carbocycles. The molecule has 1 aliphatic rings. The van der Waals surface area contributed by atoms with Gasteiger partial charge in [0.2, 0.25) is 0 Å². The number of nitrogens with zero attached hydrogens (tertiary/aromatic N) is 5. The maximum atomic E-state index is 14.0. The summed E-state index contributed by atoms with van der Waals surface area (Å²) in [4.78, 5) is 20.7. The van der Waals surface area contributed by atoms with E-state index in [1.807, 2.05) is 29.0 Å². The summed E-state index contributed by atoms with van der Waals surface area (Å²) in [6, 6.07) is 12.4. The van der Waals surface area contributed by atoms with Gasteiger partial charge in [-0.1, -0.05) is 30.3 Å². The van der Waals surface area contributed by atoms with E-state index in [1.54, 1.807) is 18.3 Å². The van der Waals surface area contributed by atoms with E-state index in [-0.39, 0.29) is 5.56 Å². The largest absolute Gasteiger partial charge is 0.342 e. The summed E-state index contributed by atoms with van der Waals surface area (Å²) in [6.07, 6.45) is 2.66. The molecule has 0 aliphatic carbocycles. The van der Waals surface area contributed by atoms with Crippen LogP contribution in [0.5, 0.6) is 0 Å². The maximum absolute atomic E-state index is 14.0. The first-order chi connectivity index (χ1) is 17.0. The van der Waals surface area contributed by atoms with Gasteiger partial charge in [0.15, 0.2) is 5.82 Å². The van der Waals surface area contributed by atoms with Crippen LogP contribution in [0.25, 0.3) is 10.6 Å². The minimum atomic E-state index is -0.773. The third kappa shape index (κ3) is 5.13. The zero-order valence-corrected chi connectivity index (χ0v) is 19.9. The van der Waals surface area contributed by atoms with Crippen molar-refractivity contribution in [2.45, 2.75) is 32.5 Å². The number of carbonyl (C=O) groups is 1. The van der Waals surface area contributed by atoms with Crippen LogP contribution in [0.3, 0.4) is 0 Å². The molecule has 2 aromatic carbocycles. The second kappa shape index (κ2) is 10.0. The number of thiazole rings is 1. The summed E-state index contributed by atoms with van der Waals surface area (Å²) in [5.41, 5.74) is 0.780. The smallest absolute Gasteiger partial charge is 0.254 e. The van der Waals surface area contributed by atoms with E-state index in [2.05, 4.69) is 37.5 Å². The highest BCUT2D eigenvalue weighted by Crippen LogP contribution is 2.26. The van der Waals surface area contributed by atoms with Crippen molar-refractivity contribution in [3.05, 3.63) is 88.5 Å². The van der Waals surface area contributed by atoms with E-state index in [0.717, 1.165) is 60.6 Å². The van der Waals surface area contributed by atoms with Gasteiger partial charge < -0.3 is 9.88 Å². The third-order valence-corrected chi connectivity index (χ3v) is 7.04. The van der Waals surface area contributed by atoms with Crippen LogP contribution >= 0.6 is 11.3 Å². The summed E-state index contributed by atoms with van der Waals surface area (Å²) >= 11 is 1.69. The van der Waals surface area contributed by atoms with Crippen LogP contribution in [0.15, 0.2) is 54.7 Å². The quantitative estimate of drug-likeness (QED) is 0.434. The fourth-order valence-electron chi connectivity index (χ4n) is 4.19. The highest BCUT2D eigenvalue weighted by atomic mass is 32.1. The molecule has 1 amide bonds. The molecule has 4 aromatic rings. The van der Waals surface area contributed by atoms with Crippen LogP contribution in [-0.2, 0) is 19.5 Å². The molecule has 1 N–H and O–H groups in total. The van der Waals surface area contributed by atoms with Crippen molar-refractivity contribution in [3.8, 4) is 10.6 Å². The predicted octanol–water partition coefficient (Wildman–Crippen LogP) is 4.23. The van der Waals surface area contributed by atoms with Crippen LogP contribution < -0.4 is 5.32 Å². The molecule has 0 bridgehead atoms. The first-order valence-corrected chi connectivity index (χ1v) is 12.2. The van der Waals surface area contributed by atoms with Crippen molar-refractivity contribution in [2.24, 2.45) is 0 Å². The molecule has 35 heavy (non-hydrogen) atoms. The third-order valence-electron chi connectivity index (χ3n) is 6.01. The van der Waals surface area contributed by atoms with E-state index in [0.29, 0.717) is 12.4 Å². The number of benzene rings is 2. The second-order valence-electron chi connectivity index (χ2n) is 8.47. The minimum absolute atomic E-state index is 0.335. The Balaban J connectivity index is 1.24. The van der Waals surface area contributed by atoms with Gasteiger partial charge in [-0.3, -0.25) is 9.69 Å². The van der Waals surface area contributed by atoms with Crippen molar-refractivity contribution in [2.75, 3.05) is 13.1 Å². The molecule has 3 heterocycles. The topological polar surface area (TPSA) is 75.9 Å². The lowest BCUT2D eigenvalue weighted by atomic mass is 10.1. The van der Waals surface area contributed by atoms with E-state index < -0.39 is 23.6 Å². The lowest BCUT2D eigenvalue weighted by Crippen LogP contribution is -2.30. The van der Waals surface area contributed by atoms with Crippen molar-refractivity contribution >= 4 is 17.2 Å². The summed E-state index contributed by atoms with van der Waals surface area (Å²) in [5, 5.41) is 12.3. The van der Waals surface area contributed by atoms with Gasteiger partial charge in [-0.15, -0.1) is 21.5 Å². The van der Waals surface area contributed by atoms with Gasteiger partial charge in [0.05, 0.1) is 11.6 Å². The monoisotopic (exact) mass is 494 g/mol. The molecule has 0 fully saturated rings. The standard InChI is InChI=1S/C25H24F2N6OS/c1-16(29-24(34)20-13-18(26)7-8-21(20)27)23-31-30-22-9-10-32(11-12-33(22)23)15-19-14-28-25(35-19)17-5-3-2-4-6-17/h2-8,13-14,16H,9-12,15H2,1H3,(H,29,34). The number of hydrogen-bond donors (Lipinski definition) is 1. The van der Waals surface area contributed by atoms with Gasteiger partial charge >= 0.3 is 0 Å². The first-order valence-electron chi connectivity index (χ1n) is 11.4. The van der Waals surface area contributed by atoms with Crippen LogP contribution in [0.4, 0.5) is 8.78 Å². The van der Waals surface area contributed by atoms with E-state index in [9.17, 15) is 13.6 Å². The minimum Gasteiger partial charge on any atom is -0.342 e. The number of fused-ring (bicyclic) bond motifs is 1. The van der Waals surface area contributed by atoms with E-state index >= 15 is 0 Å². The average molecular weight is 495 g/mol. The summed E-state index contributed by atoms with van der Waals surface area (Å²) in [7, 11) is 0. The second-order valence-corrected chi connectivity index (χ2v) is 9.58. The number of hydrogen-bond acceptors (Lipinski definition) is 6. The van der Waals surface area contributed by atoms with Crippen molar-refractivity contribution in [3.63, 3.8) is 0 Å². The van der Waals surface area contributed by atoms with Crippen LogP contribution in [0.2, 0.25) is 0 Å². The van der Waals surface area contributed by atoms with Crippen LogP contribution in [0, 0.1) is 11.6 Å². The zero-order valence-electron chi connectivity index (χ0n) is 19.1. The Hall–Kier alpha value is -3.50. The van der Waals surface area contributed by atoms with Crippen LogP contribution in [-0.4, -0.2) is 43.6 Å². The lowest BCUT2D eigenvalue weighted by Gasteiger charge is -2.19. The van der Waals surface area contributed by atoms with Gasteiger partial charge in [0.25, 0.3) is 5.91 Å². The number of aromatic nitrogens is 4. The van der Waals surface area contributed by atoms with Crippen molar-refractivity contribution in [1.82, 2.24) is 30.0 Å². The Kier molecular flexibility index (Phi) is 6.65. The van der Waals surface area contributed by atoms with Gasteiger partial charge in [0.1, 0.15) is 22.5 Å². The Morgan fingerprint density at radius 3 is 2.77 bits per heavy atom. The molecule has 180 valence electrons. The Labute approximate surface area is 205 Å². The van der Waals surface area contributed by atoms with Gasteiger partial charge in [-0.2, -0.15) is 0 Å². The molecule has 0 radical (unpaired) electrons. The van der Waals surface area contributed by atoms with Crippen molar-refractivity contribution < 1.29 is 13.6 Å². The Morgan fingerprint density at radius 2 is 1.94 bits per heavy atom. The highest BCUT2D eigenvalue weighted by Gasteiger charge is 2.24. The Morgan fingerprint density at radius 1 is 1.11 bits per heavy atom. The molecular formula is C25H24F2N6OS. The molecular weight excluding hydrogens is 470 g/mol. The average Bonchev–Trinajstić information content (AvgIpc) is 3.45. The summed E-state index contributed by atoms with van der Waals surface area (Å²) in [6.45, 7) is 4.83. The molecule has 2 aromatic heterocycles. The fourth-order valence-corrected chi connectivity index (χ4v) is 5.15. The molecule has 10 heteroatoms. The molecule has 5 rings (SSSR count). The molecule has 1 unspecified atom stereocenters. The molecule has 0 spiro atoms. The SMILES string of the molecule is CC(NC(=O)c1cc(F)ccc1F)c1nnc2n1CCN(Cc1cnc(-c3ccccc3)s1)CC2. The maximum Gasteiger partial charge on any atom is 0.254 e. The zero-order chi connectivity index (χ0) is 24.4. The molecule has 7 nitrogen and oxygen atoms in total. The number of amides is 1.